The van der Waals surface area contributed by atoms with E-state index >= 15 is 0 Å². The number of hydrogen-bond acceptors (Lipinski definition) is 7. The highest BCUT2D eigenvalue weighted by molar-refractivity contribution is 6.52. The van der Waals surface area contributed by atoms with Crippen LogP contribution in [0.15, 0.2) is 23.3 Å². The fraction of sp³-hybridized carbons (Fsp3) is 0.630. The number of allylic oxidation sites excluding steroid dienone is 2. The zero-order valence-corrected chi connectivity index (χ0v) is 22.7. The standard InChI is InChI=1S/C27H43BNO6/c1-9-11-13-33-22-16-23(34-14-12-10-2)20(15-19(22)18(3)4)25(31)24(21(29)17-30)28-35-27(7,8)26(5,6)32/h15-18,32H,9-14,29H2,1-8H3. The Bertz CT molecular complexity index is 886. The smallest absolute Gasteiger partial charge is 0.337 e. The van der Waals surface area contributed by atoms with Gasteiger partial charge in [0.15, 0.2) is 12.1 Å². The molecule has 7 nitrogen and oxygen atoms in total. The van der Waals surface area contributed by atoms with Crippen molar-refractivity contribution in [3.8, 4) is 11.5 Å². The molecule has 0 aliphatic heterocycles. The number of rotatable bonds is 16. The van der Waals surface area contributed by atoms with Crippen LogP contribution >= 0.6 is 0 Å². The van der Waals surface area contributed by atoms with E-state index in [0.717, 1.165) is 38.7 Å². The molecule has 195 valence electrons. The first kappa shape index (κ1) is 30.7. The van der Waals surface area contributed by atoms with Crippen molar-refractivity contribution in [3.63, 3.8) is 0 Å². The summed E-state index contributed by atoms with van der Waals surface area (Å²) in [6.45, 7) is 15.7. The van der Waals surface area contributed by atoms with Gasteiger partial charge in [0.2, 0.25) is 0 Å². The zero-order valence-electron chi connectivity index (χ0n) is 22.7. The van der Waals surface area contributed by atoms with Crippen molar-refractivity contribution in [1.29, 1.82) is 0 Å². The zero-order chi connectivity index (χ0) is 26.8. The SMILES string of the molecule is CCCCOc1cc(OCCCC)c(C(C)C)cc1C(=O)C([B]OC(C)(C)C(C)(C)O)=C(N)C=O. The lowest BCUT2D eigenvalue weighted by molar-refractivity contribution is -0.105. The number of Topliss-reactive ketones (excluding diaryl/α,β-unsaturated/α-hetero) is 1. The highest BCUT2D eigenvalue weighted by Crippen LogP contribution is 2.36. The predicted molar refractivity (Wildman–Crippen MR) is 140 cm³/mol. The van der Waals surface area contributed by atoms with Gasteiger partial charge in [0, 0.05) is 11.5 Å². The Labute approximate surface area is 211 Å². The van der Waals surface area contributed by atoms with Gasteiger partial charge in [-0.1, -0.05) is 40.5 Å². The van der Waals surface area contributed by atoms with Crippen LogP contribution in [0.25, 0.3) is 0 Å². The summed E-state index contributed by atoms with van der Waals surface area (Å²) in [5.41, 5.74) is 4.41. The fourth-order valence-corrected chi connectivity index (χ4v) is 2.92. The second-order valence-electron chi connectivity index (χ2n) is 10.1. The molecule has 1 aromatic rings. The lowest BCUT2D eigenvalue weighted by atomic mass is 9.77. The average Bonchev–Trinajstić information content (AvgIpc) is 2.78. The van der Waals surface area contributed by atoms with Crippen molar-refractivity contribution in [1.82, 2.24) is 0 Å². The first-order valence-corrected chi connectivity index (χ1v) is 12.5. The van der Waals surface area contributed by atoms with Crippen LogP contribution in [0.4, 0.5) is 0 Å². The number of benzene rings is 1. The average molecular weight is 488 g/mol. The minimum Gasteiger partial charge on any atom is -0.493 e. The lowest BCUT2D eigenvalue weighted by Crippen LogP contribution is -2.48. The van der Waals surface area contributed by atoms with Gasteiger partial charge in [-0.2, -0.15) is 0 Å². The summed E-state index contributed by atoms with van der Waals surface area (Å²) in [6.07, 6.45) is 4.08. The van der Waals surface area contributed by atoms with Crippen LogP contribution in [0.3, 0.4) is 0 Å². The number of aldehydes is 1. The largest absolute Gasteiger partial charge is 0.493 e. The third-order valence-electron chi connectivity index (χ3n) is 6.12. The summed E-state index contributed by atoms with van der Waals surface area (Å²) in [5, 5.41) is 10.4. The predicted octanol–water partition coefficient (Wildman–Crippen LogP) is 4.91. The van der Waals surface area contributed by atoms with E-state index < -0.39 is 17.0 Å². The molecule has 0 heterocycles. The summed E-state index contributed by atoms with van der Waals surface area (Å²) in [4.78, 5) is 25.3. The molecule has 3 N–H and O–H groups in total. The number of ether oxygens (including phenoxy) is 2. The van der Waals surface area contributed by atoms with Crippen LogP contribution < -0.4 is 15.2 Å². The molecule has 1 radical (unpaired) electrons. The summed E-state index contributed by atoms with van der Waals surface area (Å²) in [6, 6.07) is 3.51. The molecular formula is C27H43BNO6. The minimum absolute atomic E-state index is 0.0769. The van der Waals surface area contributed by atoms with Crippen molar-refractivity contribution in [2.75, 3.05) is 13.2 Å². The number of aliphatic hydroxyl groups is 1. The molecule has 35 heavy (non-hydrogen) atoms. The van der Waals surface area contributed by atoms with Gasteiger partial charge in [0.1, 0.15) is 11.5 Å². The maximum absolute atomic E-state index is 13.7. The first-order valence-electron chi connectivity index (χ1n) is 12.5. The molecule has 0 aliphatic carbocycles. The maximum Gasteiger partial charge on any atom is 0.337 e. The van der Waals surface area contributed by atoms with Crippen LogP contribution in [0.1, 0.15) is 103 Å². The Morgan fingerprint density at radius 2 is 1.60 bits per heavy atom. The number of carbonyl (C=O) groups is 2. The molecule has 0 unspecified atom stereocenters. The van der Waals surface area contributed by atoms with Crippen molar-refractivity contribution in [3.05, 3.63) is 34.4 Å². The van der Waals surface area contributed by atoms with Crippen molar-refractivity contribution in [2.24, 2.45) is 5.73 Å². The molecule has 0 atom stereocenters. The van der Waals surface area contributed by atoms with Crippen LogP contribution in [0.5, 0.6) is 11.5 Å². The number of ketones is 1. The Balaban J connectivity index is 3.53. The third-order valence-corrected chi connectivity index (χ3v) is 6.12. The van der Waals surface area contributed by atoms with Gasteiger partial charge >= 0.3 is 7.48 Å². The van der Waals surface area contributed by atoms with E-state index in [4.69, 9.17) is 19.9 Å². The first-order chi connectivity index (χ1) is 16.3. The van der Waals surface area contributed by atoms with E-state index in [-0.39, 0.29) is 22.7 Å². The fourth-order valence-electron chi connectivity index (χ4n) is 2.92. The van der Waals surface area contributed by atoms with Crippen LogP contribution in [0, 0.1) is 0 Å². The molecule has 0 fully saturated rings. The molecule has 0 spiro atoms. The van der Waals surface area contributed by atoms with Crippen LogP contribution in [-0.2, 0) is 9.45 Å². The summed E-state index contributed by atoms with van der Waals surface area (Å²) < 4.78 is 17.8. The highest BCUT2D eigenvalue weighted by Gasteiger charge is 2.37. The molecule has 0 bridgehead atoms. The van der Waals surface area contributed by atoms with E-state index in [2.05, 4.69) is 13.8 Å². The van der Waals surface area contributed by atoms with Gasteiger partial charge in [-0.15, -0.1) is 0 Å². The Hall–Kier alpha value is -2.32. The van der Waals surface area contributed by atoms with E-state index in [0.29, 0.717) is 31.0 Å². The molecule has 0 aromatic heterocycles. The van der Waals surface area contributed by atoms with Crippen molar-refractivity contribution in [2.45, 2.75) is 98.2 Å². The van der Waals surface area contributed by atoms with Gasteiger partial charge in [-0.05, 0) is 58.1 Å². The minimum atomic E-state index is -1.22. The molecule has 8 heteroatoms. The van der Waals surface area contributed by atoms with Crippen LogP contribution in [0.2, 0.25) is 0 Å². The quantitative estimate of drug-likeness (QED) is 0.112. The van der Waals surface area contributed by atoms with Gasteiger partial charge in [0.25, 0.3) is 0 Å². The Morgan fingerprint density at radius 3 is 2.06 bits per heavy atom. The van der Waals surface area contributed by atoms with E-state index in [9.17, 15) is 14.7 Å². The highest BCUT2D eigenvalue weighted by atomic mass is 16.5. The van der Waals surface area contributed by atoms with Crippen molar-refractivity contribution < 1.29 is 28.8 Å². The summed E-state index contributed by atoms with van der Waals surface area (Å²) in [5.74, 6) is 0.613. The third kappa shape index (κ3) is 8.69. The Morgan fingerprint density at radius 1 is 1.06 bits per heavy atom. The number of hydrogen-bond donors (Lipinski definition) is 2. The molecule has 0 saturated heterocycles. The molecule has 1 aromatic carbocycles. The van der Waals surface area contributed by atoms with Gasteiger partial charge in [0.05, 0.1) is 35.7 Å². The normalized spacial score (nSPS) is 12.9. The van der Waals surface area contributed by atoms with E-state index in [1.54, 1.807) is 39.8 Å². The van der Waals surface area contributed by atoms with E-state index in [1.807, 2.05) is 13.8 Å². The van der Waals surface area contributed by atoms with Crippen molar-refractivity contribution >= 4 is 19.6 Å². The number of nitrogens with two attached hydrogens (primary N) is 1. The van der Waals surface area contributed by atoms with Gasteiger partial charge in [-0.3, -0.25) is 9.59 Å². The summed E-state index contributed by atoms with van der Waals surface area (Å²) in [7, 11) is 1.15. The van der Waals surface area contributed by atoms with Gasteiger partial charge < -0.3 is 25.0 Å². The topological polar surface area (TPSA) is 108 Å². The maximum atomic E-state index is 13.7. The number of unbranched alkanes of at least 4 members (excludes halogenated alkanes) is 2. The molecule has 1 rings (SSSR count). The molecule has 0 saturated carbocycles. The number of carbonyl (C=O) groups excluding carboxylic acids is 2. The molecule has 0 aliphatic rings. The van der Waals surface area contributed by atoms with E-state index in [1.165, 1.54) is 0 Å². The monoisotopic (exact) mass is 488 g/mol. The second kappa shape index (κ2) is 13.7. The second-order valence-corrected chi connectivity index (χ2v) is 10.1. The molecule has 0 amide bonds. The molecular weight excluding hydrogens is 445 g/mol. The van der Waals surface area contributed by atoms with Gasteiger partial charge in [-0.25, -0.2) is 0 Å². The lowest BCUT2D eigenvalue weighted by Gasteiger charge is -2.37. The summed E-state index contributed by atoms with van der Waals surface area (Å²) >= 11 is 0. The Kier molecular flexibility index (Phi) is 12.0. The van der Waals surface area contributed by atoms with Crippen LogP contribution in [-0.4, -0.2) is 49.1 Å².